The molecular weight excluding hydrogens is 348 g/mol. The summed E-state index contributed by atoms with van der Waals surface area (Å²) in [7, 11) is 1.20. The van der Waals surface area contributed by atoms with Crippen molar-refractivity contribution in [2.45, 2.75) is 45.1 Å². The second kappa shape index (κ2) is 8.92. The lowest BCUT2D eigenvalue weighted by atomic mass is 10.1. The van der Waals surface area contributed by atoms with Gasteiger partial charge in [0.2, 0.25) is 5.82 Å². The molecule has 2 nitrogen and oxygen atoms in total. The van der Waals surface area contributed by atoms with Crippen LogP contribution in [0.3, 0.4) is 0 Å². The Balaban J connectivity index is 1.97. The van der Waals surface area contributed by atoms with Gasteiger partial charge < -0.3 is 9.47 Å². The number of benzene rings is 2. The Kier molecular flexibility index (Phi) is 6.89. The second-order valence-corrected chi connectivity index (χ2v) is 6.04. The summed E-state index contributed by atoms with van der Waals surface area (Å²) >= 11 is 0. The number of halogens is 4. The molecular formula is C20H22F4O2. The van der Waals surface area contributed by atoms with E-state index >= 15 is 0 Å². The molecule has 2 rings (SSSR count). The van der Waals surface area contributed by atoms with E-state index in [0.717, 1.165) is 24.8 Å². The maximum atomic E-state index is 14.0. The van der Waals surface area contributed by atoms with Gasteiger partial charge in [0.15, 0.2) is 11.6 Å². The molecule has 0 aliphatic heterocycles. The van der Waals surface area contributed by atoms with E-state index in [1.54, 1.807) is 12.1 Å². The van der Waals surface area contributed by atoms with Crippen LogP contribution in [0.2, 0.25) is 0 Å². The molecule has 0 spiro atoms. The van der Waals surface area contributed by atoms with Crippen LogP contribution < -0.4 is 9.47 Å². The highest BCUT2D eigenvalue weighted by Gasteiger charge is 2.32. The van der Waals surface area contributed by atoms with Crippen molar-refractivity contribution in [2.24, 2.45) is 0 Å². The minimum absolute atomic E-state index is 0.0385. The van der Waals surface area contributed by atoms with Crippen molar-refractivity contribution in [1.29, 1.82) is 0 Å². The van der Waals surface area contributed by atoms with Gasteiger partial charge in [-0.3, -0.25) is 0 Å². The fraction of sp³-hybridized carbons (Fsp3) is 0.400. The lowest BCUT2D eigenvalue weighted by Crippen LogP contribution is -2.25. The van der Waals surface area contributed by atoms with Gasteiger partial charge in [0, 0.05) is 0 Å². The molecule has 26 heavy (non-hydrogen) atoms. The van der Waals surface area contributed by atoms with Crippen LogP contribution in [0.5, 0.6) is 11.5 Å². The topological polar surface area (TPSA) is 18.5 Å². The van der Waals surface area contributed by atoms with Gasteiger partial charge in [0.1, 0.15) is 5.75 Å². The SMILES string of the molecule is CCCCc1ccc(OC(F)(F)CCc2ccc(OC)c(F)c2F)cc1. The summed E-state index contributed by atoms with van der Waals surface area (Å²) in [4.78, 5) is 0. The first-order chi connectivity index (χ1) is 12.4. The van der Waals surface area contributed by atoms with Crippen molar-refractivity contribution in [3.8, 4) is 11.5 Å². The lowest BCUT2D eigenvalue weighted by Gasteiger charge is -2.18. The predicted octanol–water partition coefficient (Wildman–Crippen LogP) is 5.92. The van der Waals surface area contributed by atoms with Crippen LogP contribution in [0.25, 0.3) is 0 Å². The van der Waals surface area contributed by atoms with Crippen LogP contribution in [0.4, 0.5) is 17.6 Å². The fourth-order valence-corrected chi connectivity index (χ4v) is 2.53. The van der Waals surface area contributed by atoms with Crippen molar-refractivity contribution >= 4 is 0 Å². The average molecular weight is 370 g/mol. The zero-order chi connectivity index (χ0) is 19.2. The van der Waals surface area contributed by atoms with Crippen LogP contribution in [0, 0.1) is 11.6 Å². The van der Waals surface area contributed by atoms with Gasteiger partial charge in [-0.15, -0.1) is 0 Å². The quantitative estimate of drug-likeness (QED) is 0.510. The number of ether oxygens (including phenoxy) is 2. The highest BCUT2D eigenvalue weighted by Crippen LogP contribution is 2.29. The number of aryl methyl sites for hydroxylation is 2. The molecule has 2 aromatic carbocycles. The van der Waals surface area contributed by atoms with Crippen molar-refractivity contribution in [3.05, 3.63) is 59.2 Å². The summed E-state index contributed by atoms with van der Waals surface area (Å²) in [5.74, 6) is -2.59. The highest BCUT2D eigenvalue weighted by atomic mass is 19.3. The molecule has 0 bridgehead atoms. The van der Waals surface area contributed by atoms with Crippen molar-refractivity contribution in [1.82, 2.24) is 0 Å². The Morgan fingerprint density at radius 1 is 0.923 bits per heavy atom. The molecule has 0 saturated carbocycles. The Bertz CT molecular complexity index is 714. The lowest BCUT2D eigenvalue weighted by molar-refractivity contribution is -0.180. The van der Waals surface area contributed by atoms with Gasteiger partial charge >= 0.3 is 6.11 Å². The maximum Gasteiger partial charge on any atom is 0.398 e. The Labute approximate surface area is 150 Å². The van der Waals surface area contributed by atoms with Gasteiger partial charge in [-0.2, -0.15) is 13.2 Å². The third kappa shape index (κ3) is 5.38. The third-order valence-electron chi connectivity index (χ3n) is 4.04. The minimum Gasteiger partial charge on any atom is -0.494 e. The van der Waals surface area contributed by atoms with E-state index in [1.807, 2.05) is 0 Å². The zero-order valence-electron chi connectivity index (χ0n) is 14.8. The molecule has 0 heterocycles. The summed E-state index contributed by atoms with van der Waals surface area (Å²) in [5, 5.41) is 0. The van der Waals surface area contributed by atoms with Crippen LogP contribution in [-0.4, -0.2) is 13.2 Å². The Morgan fingerprint density at radius 3 is 2.23 bits per heavy atom. The van der Waals surface area contributed by atoms with E-state index in [2.05, 4.69) is 11.7 Å². The summed E-state index contributed by atoms with van der Waals surface area (Å²) in [5.41, 5.74) is 0.903. The molecule has 2 aromatic rings. The summed E-state index contributed by atoms with van der Waals surface area (Å²) < 4.78 is 64.9. The minimum atomic E-state index is -3.49. The van der Waals surface area contributed by atoms with E-state index in [1.165, 1.54) is 31.4 Å². The van der Waals surface area contributed by atoms with Gasteiger partial charge in [-0.25, -0.2) is 4.39 Å². The van der Waals surface area contributed by atoms with Gasteiger partial charge in [0.05, 0.1) is 13.5 Å². The molecule has 0 fully saturated rings. The van der Waals surface area contributed by atoms with E-state index < -0.39 is 24.2 Å². The number of unbranched alkanes of at least 4 members (excludes halogenated alkanes) is 1. The maximum absolute atomic E-state index is 14.0. The molecule has 0 amide bonds. The predicted molar refractivity (Wildman–Crippen MR) is 91.9 cm³/mol. The van der Waals surface area contributed by atoms with E-state index in [0.29, 0.717) is 0 Å². The Hall–Kier alpha value is -2.24. The molecule has 0 unspecified atom stereocenters. The normalized spacial score (nSPS) is 11.5. The molecule has 0 atom stereocenters. The van der Waals surface area contributed by atoms with Crippen molar-refractivity contribution in [2.75, 3.05) is 7.11 Å². The summed E-state index contributed by atoms with van der Waals surface area (Å²) in [6.07, 6.45) is -1.66. The molecule has 0 aliphatic carbocycles. The van der Waals surface area contributed by atoms with E-state index in [4.69, 9.17) is 4.74 Å². The molecule has 0 aliphatic rings. The van der Waals surface area contributed by atoms with Crippen molar-refractivity contribution in [3.63, 3.8) is 0 Å². The molecule has 0 N–H and O–H groups in total. The van der Waals surface area contributed by atoms with Gasteiger partial charge in [-0.05, 0) is 48.6 Å². The number of alkyl halides is 2. The van der Waals surface area contributed by atoms with Crippen LogP contribution in [-0.2, 0) is 12.8 Å². The zero-order valence-corrected chi connectivity index (χ0v) is 14.8. The average Bonchev–Trinajstić information content (AvgIpc) is 2.62. The number of hydrogen-bond donors (Lipinski definition) is 0. The molecule has 0 aromatic heterocycles. The first-order valence-corrected chi connectivity index (χ1v) is 8.53. The number of methoxy groups -OCH3 is 1. The molecule has 0 saturated heterocycles. The van der Waals surface area contributed by atoms with Gasteiger partial charge in [-0.1, -0.05) is 31.5 Å². The van der Waals surface area contributed by atoms with E-state index in [-0.39, 0.29) is 23.5 Å². The standard InChI is InChI=1S/C20H22F4O2/c1-3-4-5-14-6-9-16(10-7-14)26-20(23,24)13-12-15-8-11-17(25-2)19(22)18(15)21/h6-11H,3-5,12-13H2,1-2H3. The van der Waals surface area contributed by atoms with E-state index in [9.17, 15) is 17.6 Å². The van der Waals surface area contributed by atoms with Crippen LogP contribution in [0.1, 0.15) is 37.3 Å². The number of hydrogen-bond acceptors (Lipinski definition) is 2. The monoisotopic (exact) mass is 370 g/mol. The Morgan fingerprint density at radius 2 is 1.62 bits per heavy atom. The first-order valence-electron chi connectivity index (χ1n) is 8.53. The highest BCUT2D eigenvalue weighted by molar-refractivity contribution is 5.31. The van der Waals surface area contributed by atoms with Crippen LogP contribution >= 0.6 is 0 Å². The third-order valence-corrected chi connectivity index (χ3v) is 4.04. The van der Waals surface area contributed by atoms with Crippen molar-refractivity contribution < 1.29 is 27.0 Å². The summed E-state index contributed by atoms with van der Waals surface area (Å²) in [6.45, 7) is 2.08. The van der Waals surface area contributed by atoms with Gasteiger partial charge in [0.25, 0.3) is 0 Å². The first kappa shape index (κ1) is 20.1. The second-order valence-electron chi connectivity index (χ2n) is 6.04. The summed E-state index contributed by atoms with van der Waals surface area (Å²) in [6, 6.07) is 8.93. The molecule has 142 valence electrons. The molecule has 0 radical (unpaired) electrons. The smallest absolute Gasteiger partial charge is 0.398 e. The largest absolute Gasteiger partial charge is 0.494 e. The molecule has 6 heteroatoms. The number of rotatable bonds is 9. The fourth-order valence-electron chi connectivity index (χ4n) is 2.53. The van der Waals surface area contributed by atoms with Crippen LogP contribution in [0.15, 0.2) is 36.4 Å².